The van der Waals surface area contributed by atoms with E-state index < -0.39 is 0 Å². The molecule has 0 aromatic carbocycles. The van der Waals surface area contributed by atoms with Gasteiger partial charge < -0.3 is 15.7 Å². The molecule has 0 spiro atoms. The summed E-state index contributed by atoms with van der Waals surface area (Å²) in [7, 11) is 1.93. The molecule has 17 heavy (non-hydrogen) atoms. The lowest BCUT2D eigenvalue weighted by Gasteiger charge is -2.35. The molecule has 1 aliphatic rings. The second-order valence-electron chi connectivity index (χ2n) is 4.94. The summed E-state index contributed by atoms with van der Waals surface area (Å²) < 4.78 is 1.86. The molecule has 0 aliphatic carbocycles. The van der Waals surface area contributed by atoms with Gasteiger partial charge in [0.2, 0.25) is 0 Å². The molecule has 1 aromatic rings. The van der Waals surface area contributed by atoms with Crippen molar-refractivity contribution in [2.24, 2.45) is 13.0 Å². The summed E-state index contributed by atoms with van der Waals surface area (Å²) in [5.41, 5.74) is 7.89. The smallest absolute Gasteiger partial charge is 0.150 e. The molecule has 5 heteroatoms. The van der Waals surface area contributed by atoms with Crippen molar-refractivity contribution in [2.75, 3.05) is 23.7 Å². The average molecular weight is 238 g/mol. The third-order valence-corrected chi connectivity index (χ3v) is 3.62. The first-order valence-electron chi connectivity index (χ1n) is 6.29. The van der Waals surface area contributed by atoms with Gasteiger partial charge in [0, 0.05) is 20.1 Å². The van der Waals surface area contributed by atoms with E-state index in [1.807, 2.05) is 11.7 Å². The van der Waals surface area contributed by atoms with Crippen LogP contribution in [0.1, 0.15) is 26.0 Å². The number of aliphatic hydroxyl groups is 1. The summed E-state index contributed by atoms with van der Waals surface area (Å²) in [5, 5.41) is 14.2. The minimum atomic E-state index is -0.189. The Kier molecular flexibility index (Phi) is 3.28. The lowest BCUT2D eigenvalue weighted by atomic mass is 9.97. The number of nitrogens with zero attached hydrogens (tertiary/aromatic N) is 3. The van der Waals surface area contributed by atoms with E-state index in [0.717, 1.165) is 43.1 Å². The molecule has 2 unspecified atom stereocenters. The minimum absolute atomic E-state index is 0.189. The fraction of sp³-hybridized carbons (Fsp3) is 0.750. The molecule has 3 N–H and O–H groups in total. The Hall–Kier alpha value is -1.23. The van der Waals surface area contributed by atoms with E-state index in [2.05, 4.69) is 23.8 Å². The number of hydrogen-bond acceptors (Lipinski definition) is 4. The Morgan fingerprint density at radius 3 is 2.76 bits per heavy atom. The Morgan fingerprint density at radius 2 is 2.24 bits per heavy atom. The topological polar surface area (TPSA) is 67.3 Å². The van der Waals surface area contributed by atoms with Gasteiger partial charge in [-0.3, -0.25) is 4.68 Å². The zero-order chi connectivity index (χ0) is 12.6. The van der Waals surface area contributed by atoms with Crippen molar-refractivity contribution in [3.8, 4) is 0 Å². The quantitative estimate of drug-likeness (QED) is 0.798. The SMILES string of the molecule is CCc1nn(C)c(N2CCC(O)C(C)C2)c1N. The Bertz CT molecular complexity index is 401. The molecule has 5 nitrogen and oxygen atoms in total. The predicted molar refractivity (Wildman–Crippen MR) is 69.0 cm³/mol. The van der Waals surface area contributed by atoms with E-state index >= 15 is 0 Å². The highest BCUT2D eigenvalue weighted by Crippen LogP contribution is 2.30. The number of aryl methyl sites for hydroxylation is 2. The molecule has 2 atom stereocenters. The number of aliphatic hydroxyl groups excluding tert-OH is 1. The minimum Gasteiger partial charge on any atom is -0.394 e. The van der Waals surface area contributed by atoms with Gasteiger partial charge in [-0.25, -0.2) is 0 Å². The molecule has 0 amide bonds. The van der Waals surface area contributed by atoms with Gasteiger partial charge in [-0.05, 0) is 18.8 Å². The monoisotopic (exact) mass is 238 g/mol. The molecule has 0 bridgehead atoms. The molecule has 1 aliphatic heterocycles. The fourth-order valence-electron chi connectivity index (χ4n) is 2.55. The highest BCUT2D eigenvalue weighted by Gasteiger charge is 2.27. The van der Waals surface area contributed by atoms with Crippen LogP contribution in [0.5, 0.6) is 0 Å². The maximum atomic E-state index is 9.75. The summed E-state index contributed by atoms with van der Waals surface area (Å²) in [6.45, 7) is 5.82. The van der Waals surface area contributed by atoms with Crippen molar-refractivity contribution in [1.29, 1.82) is 0 Å². The first kappa shape index (κ1) is 12.2. The van der Waals surface area contributed by atoms with E-state index in [9.17, 15) is 5.11 Å². The summed E-state index contributed by atoms with van der Waals surface area (Å²) in [6.07, 6.45) is 1.46. The molecular formula is C12H22N4O. The lowest BCUT2D eigenvalue weighted by Crippen LogP contribution is -2.43. The Labute approximate surface area is 102 Å². The average Bonchev–Trinajstić information content (AvgIpc) is 2.58. The van der Waals surface area contributed by atoms with Crippen molar-refractivity contribution >= 4 is 11.5 Å². The van der Waals surface area contributed by atoms with Crippen LogP contribution in [0.25, 0.3) is 0 Å². The Morgan fingerprint density at radius 1 is 1.53 bits per heavy atom. The van der Waals surface area contributed by atoms with Crippen LogP contribution >= 0.6 is 0 Å². The van der Waals surface area contributed by atoms with Crippen LogP contribution in [0, 0.1) is 5.92 Å². The molecular weight excluding hydrogens is 216 g/mol. The van der Waals surface area contributed by atoms with E-state index in [-0.39, 0.29) is 12.0 Å². The van der Waals surface area contributed by atoms with Gasteiger partial charge in [-0.1, -0.05) is 13.8 Å². The second-order valence-corrected chi connectivity index (χ2v) is 4.94. The first-order valence-corrected chi connectivity index (χ1v) is 6.29. The van der Waals surface area contributed by atoms with Crippen LogP contribution < -0.4 is 10.6 Å². The van der Waals surface area contributed by atoms with Crippen molar-refractivity contribution in [2.45, 2.75) is 32.8 Å². The standard InChI is InChI=1S/C12H22N4O/c1-4-9-11(13)12(15(3)14-9)16-6-5-10(17)8(2)7-16/h8,10,17H,4-7,13H2,1-3H3. The molecule has 2 rings (SSSR count). The van der Waals surface area contributed by atoms with Crippen LogP contribution in [0.2, 0.25) is 0 Å². The number of nitrogen functional groups attached to an aromatic ring is 1. The van der Waals surface area contributed by atoms with Gasteiger partial charge in [0.05, 0.1) is 17.5 Å². The summed E-state index contributed by atoms with van der Waals surface area (Å²) in [5.74, 6) is 1.28. The molecule has 96 valence electrons. The van der Waals surface area contributed by atoms with Crippen LogP contribution in [0.4, 0.5) is 11.5 Å². The maximum Gasteiger partial charge on any atom is 0.150 e. The molecule has 1 fully saturated rings. The van der Waals surface area contributed by atoms with Gasteiger partial charge in [-0.15, -0.1) is 0 Å². The molecule has 1 saturated heterocycles. The van der Waals surface area contributed by atoms with E-state index in [1.54, 1.807) is 0 Å². The van der Waals surface area contributed by atoms with Gasteiger partial charge >= 0.3 is 0 Å². The van der Waals surface area contributed by atoms with Gasteiger partial charge in [-0.2, -0.15) is 5.10 Å². The number of piperidine rings is 1. The second kappa shape index (κ2) is 4.56. The molecule has 0 saturated carbocycles. The predicted octanol–water partition coefficient (Wildman–Crippen LogP) is 0.772. The third-order valence-electron chi connectivity index (χ3n) is 3.62. The summed E-state index contributed by atoms with van der Waals surface area (Å²) in [6, 6.07) is 0. The number of hydrogen-bond donors (Lipinski definition) is 2. The summed E-state index contributed by atoms with van der Waals surface area (Å²) >= 11 is 0. The maximum absolute atomic E-state index is 9.75. The third kappa shape index (κ3) is 2.11. The largest absolute Gasteiger partial charge is 0.394 e. The lowest BCUT2D eigenvalue weighted by molar-refractivity contribution is 0.0967. The zero-order valence-electron chi connectivity index (χ0n) is 10.8. The van der Waals surface area contributed by atoms with Crippen molar-refractivity contribution < 1.29 is 5.11 Å². The van der Waals surface area contributed by atoms with Gasteiger partial charge in [0.15, 0.2) is 0 Å². The number of nitrogens with two attached hydrogens (primary N) is 1. The number of anilines is 2. The van der Waals surface area contributed by atoms with Gasteiger partial charge in [0.25, 0.3) is 0 Å². The van der Waals surface area contributed by atoms with E-state index in [4.69, 9.17) is 5.73 Å². The van der Waals surface area contributed by atoms with Crippen molar-refractivity contribution in [1.82, 2.24) is 9.78 Å². The molecule has 2 heterocycles. The van der Waals surface area contributed by atoms with Crippen LogP contribution in [-0.2, 0) is 13.5 Å². The van der Waals surface area contributed by atoms with Gasteiger partial charge in [0.1, 0.15) is 5.82 Å². The highest BCUT2D eigenvalue weighted by atomic mass is 16.3. The highest BCUT2D eigenvalue weighted by molar-refractivity contribution is 5.66. The van der Waals surface area contributed by atoms with Crippen LogP contribution in [0.15, 0.2) is 0 Å². The fourth-order valence-corrected chi connectivity index (χ4v) is 2.55. The van der Waals surface area contributed by atoms with Crippen molar-refractivity contribution in [3.05, 3.63) is 5.69 Å². The molecule has 0 radical (unpaired) electrons. The van der Waals surface area contributed by atoms with Crippen LogP contribution in [-0.4, -0.2) is 34.1 Å². The summed E-state index contributed by atoms with van der Waals surface area (Å²) in [4.78, 5) is 2.24. The van der Waals surface area contributed by atoms with Crippen molar-refractivity contribution in [3.63, 3.8) is 0 Å². The van der Waals surface area contributed by atoms with E-state index in [0.29, 0.717) is 0 Å². The Balaban J connectivity index is 2.25. The molecule has 1 aromatic heterocycles. The van der Waals surface area contributed by atoms with E-state index in [1.165, 1.54) is 0 Å². The number of aromatic nitrogens is 2. The number of rotatable bonds is 2. The first-order chi connectivity index (χ1) is 8.04. The zero-order valence-corrected chi connectivity index (χ0v) is 10.8. The normalized spacial score (nSPS) is 25.3. The van der Waals surface area contributed by atoms with Crippen LogP contribution in [0.3, 0.4) is 0 Å².